The van der Waals surface area contributed by atoms with Crippen molar-refractivity contribution < 1.29 is 35.4 Å². The molecule has 0 bridgehead atoms. The summed E-state index contributed by atoms with van der Waals surface area (Å²) in [5.41, 5.74) is 3.22. The third-order valence-corrected chi connectivity index (χ3v) is 9.11. The van der Waals surface area contributed by atoms with E-state index in [1.807, 2.05) is 26.0 Å². The van der Waals surface area contributed by atoms with Crippen LogP contribution in [0.2, 0.25) is 0 Å². The normalized spacial score (nSPS) is 20.9. The topological polar surface area (TPSA) is 75.7 Å². The third-order valence-electron chi connectivity index (χ3n) is 7.03. The summed E-state index contributed by atoms with van der Waals surface area (Å²) in [6.45, 7) is 11.2. The molecule has 1 aliphatic carbocycles. The molecule has 1 aliphatic heterocycles. The zero-order valence-corrected chi connectivity index (χ0v) is 25.2. The molecule has 196 valence electrons. The molecular formula is C28H39ClMgO5S. The maximum atomic E-state index is 13.9. The van der Waals surface area contributed by atoms with Gasteiger partial charge in [0.05, 0.1) is 23.4 Å². The van der Waals surface area contributed by atoms with Gasteiger partial charge in [-0.05, 0) is 82.1 Å². The van der Waals surface area contributed by atoms with E-state index >= 15 is 0 Å². The molecule has 2 aliphatic rings. The van der Waals surface area contributed by atoms with Crippen molar-refractivity contribution in [3.05, 3.63) is 64.8 Å². The van der Waals surface area contributed by atoms with Gasteiger partial charge in [0.25, 0.3) is 0 Å². The van der Waals surface area contributed by atoms with Crippen molar-refractivity contribution >= 4 is 32.9 Å². The number of hydrogen-bond acceptors (Lipinski definition) is 5. The smallest absolute Gasteiger partial charge is 1.00 e. The Hall–Kier alpha value is -0.674. The minimum Gasteiger partial charge on any atom is -1.00 e. The van der Waals surface area contributed by atoms with Crippen molar-refractivity contribution in [3.8, 4) is 0 Å². The van der Waals surface area contributed by atoms with Gasteiger partial charge in [-0.25, -0.2) is 8.42 Å². The van der Waals surface area contributed by atoms with E-state index in [0.717, 1.165) is 42.4 Å². The molecule has 2 unspecified atom stereocenters. The van der Waals surface area contributed by atoms with Crippen LogP contribution in [0.5, 0.6) is 0 Å². The predicted octanol–water partition coefficient (Wildman–Crippen LogP) is 1.75. The van der Waals surface area contributed by atoms with Gasteiger partial charge in [-0.2, -0.15) is 0 Å². The average Bonchev–Trinajstić information content (AvgIpc) is 3.29. The number of ether oxygens (including phenoxy) is 2. The third kappa shape index (κ3) is 8.16. The van der Waals surface area contributed by atoms with Gasteiger partial charge in [-0.3, -0.25) is 0 Å². The monoisotopic (exact) mass is 546 g/mol. The van der Waals surface area contributed by atoms with Crippen LogP contribution in [-0.4, -0.2) is 62.3 Å². The molecule has 8 heteroatoms. The van der Waals surface area contributed by atoms with Gasteiger partial charge >= 0.3 is 23.1 Å². The molecule has 3 rings (SSSR count). The molecule has 1 heterocycles. The first-order valence-corrected chi connectivity index (χ1v) is 13.8. The van der Waals surface area contributed by atoms with Crippen LogP contribution in [0.25, 0.3) is 0 Å². The SMILES string of the molecule is CC1=C(C(C([O-])/C(C)=C/CC/C(C)=C/C2OCCO2)S(=O)(=O)c2ccccc2)C(C)(C)CCC1.[Cl-].[Mg+2]. The van der Waals surface area contributed by atoms with E-state index in [9.17, 15) is 13.5 Å². The van der Waals surface area contributed by atoms with Crippen molar-refractivity contribution in [2.75, 3.05) is 13.2 Å². The maximum Gasteiger partial charge on any atom is 2.00 e. The Kier molecular flexibility index (Phi) is 13.4. The molecule has 0 amide bonds. The Bertz CT molecular complexity index is 1040. The molecule has 0 aromatic heterocycles. The Balaban J connectivity index is 0.00000324. The van der Waals surface area contributed by atoms with Gasteiger partial charge in [-0.1, -0.05) is 60.9 Å². The van der Waals surface area contributed by atoms with Crippen LogP contribution >= 0.6 is 0 Å². The molecule has 1 saturated heterocycles. The number of sulfone groups is 1. The summed E-state index contributed by atoms with van der Waals surface area (Å²) < 4.78 is 38.7. The second-order valence-electron chi connectivity index (χ2n) is 10.2. The van der Waals surface area contributed by atoms with Gasteiger partial charge in [0.2, 0.25) is 0 Å². The zero-order chi connectivity index (χ0) is 24.9. The fraction of sp³-hybridized carbons (Fsp3) is 0.571. The first kappa shape index (κ1) is 33.4. The van der Waals surface area contributed by atoms with Gasteiger partial charge in [0.15, 0.2) is 16.1 Å². The minimum absolute atomic E-state index is 0. The average molecular weight is 547 g/mol. The summed E-state index contributed by atoms with van der Waals surface area (Å²) in [5, 5.41) is 12.8. The molecule has 0 spiro atoms. The molecule has 5 nitrogen and oxygen atoms in total. The molecule has 0 N–H and O–H groups in total. The van der Waals surface area contributed by atoms with E-state index in [0.29, 0.717) is 25.2 Å². The maximum absolute atomic E-state index is 13.9. The van der Waals surface area contributed by atoms with Crippen LogP contribution in [-0.2, 0) is 19.3 Å². The van der Waals surface area contributed by atoms with Gasteiger partial charge < -0.3 is 27.0 Å². The summed E-state index contributed by atoms with van der Waals surface area (Å²) in [4.78, 5) is 0.214. The number of halogens is 1. The molecule has 1 aromatic carbocycles. The van der Waals surface area contributed by atoms with Crippen molar-refractivity contribution in [2.24, 2.45) is 5.41 Å². The molecule has 1 fully saturated rings. The molecule has 2 atom stereocenters. The van der Waals surface area contributed by atoms with E-state index in [4.69, 9.17) is 9.47 Å². The van der Waals surface area contributed by atoms with E-state index < -0.39 is 21.2 Å². The van der Waals surface area contributed by atoms with Crippen molar-refractivity contribution in [3.63, 3.8) is 0 Å². The van der Waals surface area contributed by atoms with Crippen molar-refractivity contribution in [1.29, 1.82) is 0 Å². The van der Waals surface area contributed by atoms with Gasteiger partial charge in [0, 0.05) is 0 Å². The van der Waals surface area contributed by atoms with Crippen molar-refractivity contribution in [2.45, 2.75) is 89.3 Å². The van der Waals surface area contributed by atoms with Gasteiger partial charge in [0.1, 0.15) is 0 Å². The summed E-state index contributed by atoms with van der Waals surface area (Å²) in [6.07, 6.45) is 6.38. The summed E-state index contributed by atoms with van der Waals surface area (Å²) >= 11 is 0. The Labute approximate surface area is 239 Å². The first-order valence-electron chi connectivity index (χ1n) is 12.3. The fourth-order valence-electron chi connectivity index (χ4n) is 5.17. The zero-order valence-electron chi connectivity index (χ0n) is 22.3. The van der Waals surface area contributed by atoms with Gasteiger partial charge in [-0.15, -0.1) is 0 Å². The van der Waals surface area contributed by atoms with Crippen LogP contribution < -0.4 is 17.5 Å². The van der Waals surface area contributed by atoms with E-state index in [2.05, 4.69) is 13.8 Å². The standard InChI is InChI=1S/C28H39O5S.ClH.Mg/c1-20(19-24-32-17-18-33-24)11-9-12-22(3)26(29)27(25-21(2)13-10-16-28(25,4)5)34(30,31)23-14-7-6-8-15-23;;/h6-8,12,14-15,19,24,26-27H,9-11,13,16-18H2,1-5H3;1H;/q-1;;+2/p-1/b20-19+,22-12+;;. The fourth-order valence-corrected chi connectivity index (χ4v) is 7.37. The second kappa shape index (κ2) is 14.5. The summed E-state index contributed by atoms with van der Waals surface area (Å²) in [7, 11) is -3.86. The summed E-state index contributed by atoms with van der Waals surface area (Å²) in [5.74, 6) is 0. The Morgan fingerprint density at radius 1 is 1.17 bits per heavy atom. The molecule has 0 radical (unpaired) electrons. The molecule has 36 heavy (non-hydrogen) atoms. The predicted molar refractivity (Wildman–Crippen MR) is 140 cm³/mol. The number of benzene rings is 1. The molecular weight excluding hydrogens is 508 g/mol. The van der Waals surface area contributed by atoms with Crippen LogP contribution in [0, 0.1) is 5.41 Å². The number of rotatable bonds is 9. The van der Waals surface area contributed by atoms with E-state index in [1.54, 1.807) is 37.3 Å². The first-order chi connectivity index (χ1) is 16.0. The van der Waals surface area contributed by atoms with Crippen molar-refractivity contribution in [1.82, 2.24) is 0 Å². The van der Waals surface area contributed by atoms with E-state index in [-0.39, 0.29) is 52.1 Å². The molecule has 1 aromatic rings. The largest absolute Gasteiger partial charge is 2.00 e. The van der Waals surface area contributed by atoms with Crippen LogP contribution in [0.1, 0.15) is 66.7 Å². The summed E-state index contributed by atoms with van der Waals surface area (Å²) in [6, 6.07) is 8.42. The van der Waals surface area contributed by atoms with E-state index in [1.165, 1.54) is 0 Å². The van der Waals surface area contributed by atoms with Crippen LogP contribution in [0.3, 0.4) is 0 Å². The van der Waals surface area contributed by atoms with Crippen LogP contribution in [0.15, 0.2) is 69.7 Å². The van der Waals surface area contributed by atoms with Crippen LogP contribution in [0.4, 0.5) is 0 Å². The number of allylic oxidation sites excluding steroid dienone is 3. The Morgan fingerprint density at radius 2 is 1.78 bits per heavy atom. The Morgan fingerprint density at radius 3 is 2.36 bits per heavy atom. The number of hydrogen-bond donors (Lipinski definition) is 0. The quantitative estimate of drug-likeness (QED) is 0.348. The molecule has 0 saturated carbocycles. The minimum atomic E-state index is -3.86. The second-order valence-corrected chi connectivity index (χ2v) is 12.3.